The van der Waals surface area contributed by atoms with E-state index in [1.807, 2.05) is 0 Å². The Morgan fingerprint density at radius 2 is 2.00 bits per heavy atom. The predicted octanol–water partition coefficient (Wildman–Crippen LogP) is 3.23. The van der Waals surface area contributed by atoms with Gasteiger partial charge in [0.05, 0.1) is 5.02 Å². The van der Waals surface area contributed by atoms with Crippen molar-refractivity contribution in [1.29, 1.82) is 0 Å². The fourth-order valence-electron chi connectivity index (χ4n) is 0.650. The van der Waals surface area contributed by atoms with Crippen molar-refractivity contribution in [3.05, 3.63) is 29.3 Å². The van der Waals surface area contributed by atoms with Crippen molar-refractivity contribution in [3.8, 4) is 5.75 Å². The summed E-state index contributed by atoms with van der Waals surface area (Å²) in [4.78, 5) is 11.2. The third-order valence-electron chi connectivity index (χ3n) is 1.13. The van der Waals surface area contributed by atoms with E-state index in [2.05, 4.69) is 0 Å². The highest BCUT2D eigenvalue weighted by atomic mass is 35.8. The van der Waals surface area contributed by atoms with Gasteiger partial charge in [0, 0.05) is 0 Å². The Labute approximate surface area is 93.8 Å². The van der Waals surface area contributed by atoms with Gasteiger partial charge in [-0.3, -0.25) is 0 Å². The third-order valence-corrected chi connectivity index (χ3v) is 5.84. The van der Waals surface area contributed by atoms with E-state index in [-0.39, 0.29) is 5.75 Å². The van der Waals surface area contributed by atoms with Crippen LogP contribution < -0.4 is 9.42 Å². The second kappa shape index (κ2) is 4.83. The minimum atomic E-state index is -3.35. The van der Waals surface area contributed by atoms with Crippen LogP contribution >= 0.6 is 39.4 Å². The molecule has 0 spiro atoms. The molecule has 7 heteroatoms. The van der Waals surface area contributed by atoms with Crippen LogP contribution in [0.2, 0.25) is 5.02 Å². The quantitative estimate of drug-likeness (QED) is 0.777. The molecule has 1 radical (unpaired) electrons. The van der Waals surface area contributed by atoms with Gasteiger partial charge in [-0.1, -0.05) is 35.0 Å². The molecule has 0 N–H and O–H groups in total. The lowest BCUT2D eigenvalue weighted by Gasteiger charge is -2.22. The highest BCUT2D eigenvalue weighted by Gasteiger charge is 2.05. The van der Waals surface area contributed by atoms with Crippen molar-refractivity contribution < 1.29 is 9.42 Å². The van der Waals surface area contributed by atoms with Crippen LogP contribution in [0.5, 0.6) is 5.75 Å². The second-order valence-corrected chi connectivity index (χ2v) is 8.65. The number of halogens is 3. The maximum atomic E-state index is 11.2. The SMILES string of the molecule is [O-]P(Cl)(Oc1ccccc1Cl)=[S]Cl. The third kappa shape index (κ3) is 3.62. The number of benzene rings is 1. The van der Waals surface area contributed by atoms with Crippen LogP contribution in [-0.2, 0) is 10.2 Å². The van der Waals surface area contributed by atoms with E-state index in [9.17, 15) is 4.89 Å². The Bertz CT molecular complexity index is 351. The Morgan fingerprint density at radius 1 is 1.38 bits per heavy atom. The van der Waals surface area contributed by atoms with Gasteiger partial charge in [-0.2, -0.15) is 0 Å². The van der Waals surface area contributed by atoms with Crippen molar-refractivity contribution in [2.24, 2.45) is 0 Å². The lowest BCUT2D eigenvalue weighted by molar-refractivity contribution is -0.168. The maximum Gasteiger partial charge on any atom is 0.142 e. The zero-order valence-corrected chi connectivity index (χ0v) is 10.1. The van der Waals surface area contributed by atoms with Crippen molar-refractivity contribution in [2.75, 3.05) is 0 Å². The fourth-order valence-corrected chi connectivity index (χ4v) is 2.10. The van der Waals surface area contributed by atoms with Crippen LogP contribution in [0, 0.1) is 0 Å². The summed E-state index contributed by atoms with van der Waals surface area (Å²) in [5, 5.41) is 0.342. The van der Waals surface area contributed by atoms with Crippen LogP contribution in [0.4, 0.5) is 0 Å². The van der Waals surface area contributed by atoms with E-state index < -0.39 is 5.84 Å². The molecule has 0 aliphatic rings. The molecule has 0 fully saturated rings. The van der Waals surface area contributed by atoms with Crippen LogP contribution in [-0.4, -0.2) is 0 Å². The van der Waals surface area contributed by atoms with Gasteiger partial charge in [-0.05, 0) is 33.0 Å². The molecule has 0 bridgehead atoms. The van der Waals surface area contributed by atoms with Gasteiger partial charge in [-0.25, -0.2) is 0 Å². The monoisotopic (exact) mass is 276 g/mol. The maximum absolute atomic E-state index is 11.2. The Morgan fingerprint density at radius 3 is 2.54 bits per heavy atom. The van der Waals surface area contributed by atoms with Gasteiger partial charge in [-0.15, -0.1) is 0 Å². The highest BCUT2D eigenvalue weighted by molar-refractivity contribution is 8.38. The zero-order valence-electron chi connectivity index (χ0n) is 6.12. The first-order valence-electron chi connectivity index (χ1n) is 3.09. The van der Waals surface area contributed by atoms with Crippen molar-refractivity contribution >= 4 is 49.5 Å². The average Bonchev–Trinajstić information content (AvgIpc) is 2.09. The fraction of sp³-hybridized carbons (Fsp3) is 0. The molecule has 0 aliphatic carbocycles. The van der Waals surface area contributed by atoms with E-state index in [0.717, 1.165) is 0 Å². The van der Waals surface area contributed by atoms with Gasteiger partial charge < -0.3 is 9.42 Å². The molecule has 73 valence electrons. The Hall–Kier alpha value is 0.500. The Balaban J connectivity index is 2.93. The van der Waals surface area contributed by atoms with Gasteiger partial charge in [0.2, 0.25) is 0 Å². The molecule has 1 aromatic rings. The molecule has 0 aromatic heterocycles. The topological polar surface area (TPSA) is 32.3 Å². The summed E-state index contributed by atoms with van der Waals surface area (Å²) in [5.74, 6) is -3.09. The molecule has 0 saturated carbocycles. The van der Waals surface area contributed by atoms with Crippen molar-refractivity contribution in [1.82, 2.24) is 0 Å². The zero-order chi connectivity index (χ0) is 9.90. The summed E-state index contributed by atoms with van der Waals surface area (Å²) in [5.41, 5.74) is 0. The second-order valence-electron chi connectivity index (χ2n) is 2.02. The standard InChI is InChI=1S/C6H4Cl3O2PS/c7-5-3-1-2-4-6(5)11-12(8,10)13-9/h1-4H/q-1. The smallest absolute Gasteiger partial charge is 0.142 e. The van der Waals surface area contributed by atoms with Gasteiger partial charge in [0.15, 0.2) is 0 Å². The molecule has 0 saturated heterocycles. The summed E-state index contributed by atoms with van der Waals surface area (Å²) in [6.07, 6.45) is 0. The van der Waals surface area contributed by atoms with Gasteiger partial charge in [0.1, 0.15) is 11.6 Å². The van der Waals surface area contributed by atoms with E-state index >= 15 is 0 Å². The lowest BCUT2D eigenvalue weighted by atomic mass is 10.3. The normalized spacial score (nSPS) is 14.8. The molecular formula is C6H4Cl3O2PS-. The summed E-state index contributed by atoms with van der Waals surface area (Å²) in [6, 6.07) is 6.58. The summed E-state index contributed by atoms with van der Waals surface area (Å²) < 4.78 is 4.90. The highest BCUT2D eigenvalue weighted by Crippen LogP contribution is 2.48. The molecule has 1 atom stereocenters. The van der Waals surface area contributed by atoms with E-state index in [1.54, 1.807) is 24.3 Å². The van der Waals surface area contributed by atoms with Gasteiger partial charge in [0.25, 0.3) is 0 Å². The lowest BCUT2D eigenvalue weighted by Crippen LogP contribution is -2.01. The van der Waals surface area contributed by atoms with E-state index in [4.69, 9.17) is 38.0 Å². The van der Waals surface area contributed by atoms with E-state index in [0.29, 0.717) is 15.2 Å². The number of rotatable bonds is 2. The van der Waals surface area contributed by atoms with Gasteiger partial charge >= 0.3 is 0 Å². The van der Waals surface area contributed by atoms with Crippen LogP contribution in [0.3, 0.4) is 0 Å². The number of para-hydroxylation sites is 1. The first kappa shape index (κ1) is 11.6. The summed E-state index contributed by atoms with van der Waals surface area (Å²) >= 11 is 11.2. The van der Waals surface area contributed by atoms with Crippen molar-refractivity contribution in [2.45, 2.75) is 0 Å². The molecule has 0 amide bonds. The summed E-state index contributed by atoms with van der Waals surface area (Å²) in [7, 11) is 5.69. The minimum absolute atomic E-state index is 0.260. The molecule has 13 heavy (non-hydrogen) atoms. The van der Waals surface area contributed by atoms with Crippen molar-refractivity contribution in [3.63, 3.8) is 0 Å². The molecule has 2 nitrogen and oxygen atoms in total. The Kier molecular flexibility index (Phi) is 4.30. The molecule has 1 rings (SSSR count). The number of hydrogen-bond donors (Lipinski definition) is 0. The molecule has 0 aliphatic heterocycles. The van der Waals surface area contributed by atoms with Crippen LogP contribution in [0.1, 0.15) is 0 Å². The number of hydrogen-bond acceptors (Lipinski definition) is 2. The summed E-state index contributed by atoms with van der Waals surface area (Å²) in [6.45, 7) is 0. The molecule has 1 aromatic carbocycles. The van der Waals surface area contributed by atoms with Crippen LogP contribution in [0.15, 0.2) is 24.3 Å². The van der Waals surface area contributed by atoms with E-state index in [1.165, 1.54) is 0 Å². The first-order valence-corrected chi connectivity index (χ1v) is 8.25. The molecular weight excluding hydrogens is 273 g/mol. The molecule has 1 unspecified atom stereocenters. The average molecular weight is 277 g/mol. The first-order chi connectivity index (χ1) is 6.05. The largest absolute Gasteiger partial charge is 0.780 e. The minimum Gasteiger partial charge on any atom is -0.780 e. The van der Waals surface area contributed by atoms with Crippen LogP contribution in [0.25, 0.3) is 0 Å². The molecule has 0 heterocycles. The predicted molar refractivity (Wildman–Crippen MR) is 58.1 cm³/mol.